The van der Waals surface area contributed by atoms with Crippen LogP contribution in [0.15, 0.2) is 24.3 Å². The quantitative estimate of drug-likeness (QED) is 0.843. The van der Waals surface area contributed by atoms with E-state index >= 15 is 0 Å². The molecular weight excluding hydrogens is 352 g/mol. The first-order valence-electron chi connectivity index (χ1n) is 10.5. The van der Waals surface area contributed by atoms with Crippen molar-refractivity contribution in [3.8, 4) is 0 Å². The van der Waals surface area contributed by atoms with Crippen LogP contribution in [0.1, 0.15) is 32.3 Å². The summed E-state index contributed by atoms with van der Waals surface area (Å²) in [6.07, 6.45) is 2.23. The minimum absolute atomic E-state index is 0.0175. The van der Waals surface area contributed by atoms with Gasteiger partial charge in [-0.05, 0) is 44.7 Å². The Morgan fingerprint density at radius 1 is 1.04 bits per heavy atom. The van der Waals surface area contributed by atoms with Crippen molar-refractivity contribution in [1.29, 1.82) is 0 Å². The molecular formula is C22H34N4O2. The SMILES string of the molecule is Cc1ccc(NC(=O)CN2CCN(C(C)C(=O)N3CCC(C)CC3)CC2)cc1. The number of piperazine rings is 1. The van der Waals surface area contributed by atoms with E-state index in [1.54, 1.807) is 0 Å². The number of benzene rings is 1. The molecule has 154 valence electrons. The van der Waals surface area contributed by atoms with E-state index in [4.69, 9.17) is 0 Å². The predicted octanol–water partition coefficient (Wildman–Crippen LogP) is 2.20. The van der Waals surface area contributed by atoms with Gasteiger partial charge in [-0.1, -0.05) is 24.6 Å². The summed E-state index contributed by atoms with van der Waals surface area (Å²) in [6, 6.07) is 7.78. The van der Waals surface area contributed by atoms with Crippen molar-refractivity contribution in [1.82, 2.24) is 14.7 Å². The lowest BCUT2D eigenvalue weighted by molar-refractivity contribution is -0.138. The number of nitrogens with zero attached hydrogens (tertiary/aromatic N) is 3. The molecule has 2 saturated heterocycles. The minimum atomic E-state index is -0.0723. The average Bonchev–Trinajstić information content (AvgIpc) is 2.70. The normalized spacial score (nSPS) is 20.8. The highest BCUT2D eigenvalue weighted by Crippen LogP contribution is 2.18. The molecule has 1 atom stereocenters. The Morgan fingerprint density at radius 3 is 2.25 bits per heavy atom. The fraction of sp³-hybridized carbons (Fsp3) is 0.636. The van der Waals surface area contributed by atoms with Gasteiger partial charge in [0.15, 0.2) is 0 Å². The average molecular weight is 387 g/mol. The molecule has 2 amide bonds. The smallest absolute Gasteiger partial charge is 0.239 e. The van der Waals surface area contributed by atoms with E-state index in [0.29, 0.717) is 6.54 Å². The van der Waals surface area contributed by atoms with Gasteiger partial charge in [-0.25, -0.2) is 0 Å². The molecule has 2 fully saturated rings. The van der Waals surface area contributed by atoms with Crippen molar-refractivity contribution < 1.29 is 9.59 Å². The molecule has 6 heteroatoms. The molecule has 1 aromatic rings. The zero-order valence-corrected chi connectivity index (χ0v) is 17.5. The van der Waals surface area contributed by atoms with Crippen LogP contribution in [0, 0.1) is 12.8 Å². The lowest BCUT2D eigenvalue weighted by atomic mass is 9.98. The third-order valence-corrected chi connectivity index (χ3v) is 6.11. The number of rotatable bonds is 5. The number of carbonyl (C=O) groups is 2. The highest BCUT2D eigenvalue weighted by atomic mass is 16.2. The molecule has 0 saturated carbocycles. The van der Waals surface area contributed by atoms with Gasteiger partial charge < -0.3 is 10.2 Å². The van der Waals surface area contributed by atoms with E-state index in [0.717, 1.165) is 63.7 Å². The van der Waals surface area contributed by atoms with Gasteiger partial charge in [-0.15, -0.1) is 0 Å². The lowest BCUT2D eigenvalue weighted by Crippen LogP contribution is -2.56. The second-order valence-electron chi connectivity index (χ2n) is 8.41. The van der Waals surface area contributed by atoms with E-state index in [-0.39, 0.29) is 17.9 Å². The van der Waals surface area contributed by atoms with Crippen LogP contribution in [0.5, 0.6) is 0 Å². The maximum atomic E-state index is 12.8. The summed E-state index contributed by atoms with van der Waals surface area (Å²) >= 11 is 0. The first-order valence-corrected chi connectivity index (χ1v) is 10.5. The first kappa shape index (κ1) is 20.8. The summed E-state index contributed by atoms with van der Waals surface area (Å²) in [7, 11) is 0. The summed E-state index contributed by atoms with van der Waals surface area (Å²) in [5.74, 6) is 1.01. The zero-order chi connectivity index (χ0) is 20.1. The van der Waals surface area contributed by atoms with E-state index < -0.39 is 0 Å². The number of hydrogen-bond donors (Lipinski definition) is 1. The number of anilines is 1. The molecule has 1 unspecified atom stereocenters. The van der Waals surface area contributed by atoms with E-state index in [2.05, 4.69) is 22.0 Å². The molecule has 0 radical (unpaired) electrons. The van der Waals surface area contributed by atoms with Crippen LogP contribution in [-0.4, -0.2) is 78.4 Å². The molecule has 1 aromatic carbocycles. The van der Waals surface area contributed by atoms with Crippen LogP contribution in [0.25, 0.3) is 0 Å². The summed E-state index contributed by atoms with van der Waals surface area (Å²) in [4.78, 5) is 31.6. The Kier molecular flexibility index (Phi) is 7.08. The maximum absolute atomic E-state index is 12.8. The topological polar surface area (TPSA) is 55.9 Å². The largest absolute Gasteiger partial charge is 0.341 e. The number of aryl methyl sites for hydroxylation is 1. The molecule has 2 aliphatic rings. The molecule has 0 bridgehead atoms. The molecule has 0 aromatic heterocycles. The second-order valence-corrected chi connectivity index (χ2v) is 8.41. The van der Waals surface area contributed by atoms with Crippen LogP contribution in [-0.2, 0) is 9.59 Å². The van der Waals surface area contributed by atoms with Crippen LogP contribution in [0.3, 0.4) is 0 Å². The Bertz CT molecular complexity index is 660. The van der Waals surface area contributed by atoms with Gasteiger partial charge in [0.1, 0.15) is 0 Å². The number of amides is 2. The third-order valence-electron chi connectivity index (χ3n) is 6.11. The molecule has 1 N–H and O–H groups in total. The van der Waals surface area contributed by atoms with E-state index in [1.807, 2.05) is 43.0 Å². The zero-order valence-electron chi connectivity index (χ0n) is 17.5. The van der Waals surface area contributed by atoms with Crippen molar-refractivity contribution in [2.45, 2.75) is 39.7 Å². The summed E-state index contributed by atoms with van der Waals surface area (Å²) in [6.45, 7) is 11.8. The van der Waals surface area contributed by atoms with Crippen molar-refractivity contribution in [2.24, 2.45) is 5.92 Å². The monoisotopic (exact) mass is 386 g/mol. The van der Waals surface area contributed by atoms with Crippen LogP contribution < -0.4 is 5.32 Å². The van der Waals surface area contributed by atoms with Gasteiger partial charge in [0.25, 0.3) is 0 Å². The van der Waals surface area contributed by atoms with Gasteiger partial charge in [0, 0.05) is 45.0 Å². The Morgan fingerprint density at radius 2 is 1.64 bits per heavy atom. The minimum Gasteiger partial charge on any atom is -0.341 e. The highest BCUT2D eigenvalue weighted by Gasteiger charge is 2.30. The number of likely N-dealkylation sites (tertiary alicyclic amines) is 1. The number of hydrogen-bond acceptors (Lipinski definition) is 4. The standard InChI is InChI=1S/C22H34N4O2/c1-17-4-6-20(7-5-17)23-21(27)16-24-12-14-25(15-13-24)19(3)22(28)26-10-8-18(2)9-11-26/h4-7,18-19H,8-16H2,1-3H3,(H,23,27). The van der Waals surface area contributed by atoms with Crippen LogP contribution in [0.2, 0.25) is 0 Å². The molecule has 6 nitrogen and oxygen atoms in total. The van der Waals surface area contributed by atoms with Gasteiger partial charge in [-0.2, -0.15) is 0 Å². The fourth-order valence-corrected chi connectivity index (χ4v) is 4.00. The van der Waals surface area contributed by atoms with Gasteiger partial charge in [0.2, 0.25) is 11.8 Å². The van der Waals surface area contributed by atoms with Gasteiger partial charge in [0.05, 0.1) is 12.6 Å². The van der Waals surface area contributed by atoms with E-state index in [9.17, 15) is 9.59 Å². The molecule has 0 aliphatic carbocycles. The van der Waals surface area contributed by atoms with Crippen molar-refractivity contribution in [3.63, 3.8) is 0 Å². The Labute approximate surface area is 168 Å². The summed E-state index contributed by atoms with van der Waals surface area (Å²) < 4.78 is 0. The Balaban J connectivity index is 1.41. The van der Waals surface area contributed by atoms with E-state index in [1.165, 1.54) is 5.56 Å². The number of piperidine rings is 1. The first-order chi connectivity index (χ1) is 13.4. The molecule has 3 rings (SSSR count). The molecule has 0 spiro atoms. The highest BCUT2D eigenvalue weighted by molar-refractivity contribution is 5.92. The second kappa shape index (κ2) is 9.52. The van der Waals surface area contributed by atoms with Gasteiger partial charge >= 0.3 is 0 Å². The van der Waals surface area contributed by atoms with Crippen LogP contribution in [0.4, 0.5) is 5.69 Å². The molecule has 28 heavy (non-hydrogen) atoms. The van der Waals surface area contributed by atoms with Crippen LogP contribution >= 0.6 is 0 Å². The predicted molar refractivity (Wildman–Crippen MR) is 112 cm³/mol. The number of nitrogens with one attached hydrogen (secondary N) is 1. The molecule has 2 aliphatic heterocycles. The molecule has 2 heterocycles. The maximum Gasteiger partial charge on any atom is 0.239 e. The fourth-order valence-electron chi connectivity index (χ4n) is 4.00. The van der Waals surface area contributed by atoms with Crippen molar-refractivity contribution in [3.05, 3.63) is 29.8 Å². The van der Waals surface area contributed by atoms with Crippen molar-refractivity contribution >= 4 is 17.5 Å². The van der Waals surface area contributed by atoms with Crippen molar-refractivity contribution in [2.75, 3.05) is 51.1 Å². The Hall–Kier alpha value is -1.92. The summed E-state index contributed by atoms with van der Waals surface area (Å²) in [5.41, 5.74) is 2.01. The third kappa shape index (κ3) is 5.55. The lowest BCUT2D eigenvalue weighted by Gasteiger charge is -2.40. The van der Waals surface area contributed by atoms with Gasteiger partial charge in [-0.3, -0.25) is 19.4 Å². The summed E-state index contributed by atoms with van der Waals surface area (Å²) in [5, 5.41) is 2.96. The number of carbonyl (C=O) groups excluding carboxylic acids is 2.